The Morgan fingerprint density at radius 3 is 2.05 bits per heavy atom. The molecule has 26 atom stereocenters. The lowest BCUT2D eigenvalue weighted by Crippen LogP contribution is -2.67. The maximum atomic E-state index is 11.6. The molecule has 0 aromatic carbocycles. The Balaban J connectivity index is 0.940. The third kappa shape index (κ3) is 7.49. The highest BCUT2D eigenvalue weighted by Gasteiger charge is 2.68. The number of fused-ring (bicyclic) bond motifs is 7. The van der Waals surface area contributed by atoms with E-state index in [-0.39, 0.29) is 22.7 Å². The van der Waals surface area contributed by atoms with E-state index >= 15 is 0 Å². The van der Waals surface area contributed by atoms with Crippen molar-refractivity contribution >= 4 is 0 Å². The van der Waals surface area contributed by atoms with Gasteiger partial charge in [-0.05, 0) is 105 Å². The highest BCUT2D eigenvalue weighted by Crippen LogP contribution is 2.70. The van der Waals surface area contributed by atoms with Gasteiger partial charge < -0.3 is 79.1 Å². The fourth-order valence-corrected chi connectivity index (χ4v) is 14.2. The van der Waals surface area contributed by atoms with Gasteiger partial charge in [0.25, 0.3) is 0 Å². The van der Waals surface area contributed by atoms with Crippen molar-refractivity contribution in [3.05, 3.63) is 11.6 Å². The first-order valence-corrected chi connectivity index (χ1v) is 23.5. The maximum Gasteiger partial charge on any atom is 0.187 e. The standard InChI is InChI=1S/C45H73NO16/c1-19-8-13-45(46-16-19)20(2)30-27(62-45)15-26-24-7-6-22-14-23(9-11-43(22,4)25(24)10-12-44(26,30)5)57-42-39(61-40-36(54)34(52)31(49)21(3)56-40)38(33(51)29(18-48)59-42)60-41-37(55)35(53)32(50)28(17-47)58-41/h6,19-21,23-42,46-55H,7-18H2,1-5H3/t19-,20+,21-,23+,24-,25+,26+,27+,28-,29-,30+,31-,32-,33+,34+,35+,36-,37-,38+,39-,40-,41+,42-,43+,44+,45-/m1/s1. The van der Waals surface area contributed by atoms with Gasteiger partial charge in [-0.15, -0.1) is 0 Å². The Hall–Kier alpha value is -0.940. The van der Waals surface area contributed by atoms with Crippen LogP contribution in [0.5, 0.6) is 0 Å². The van der Waals surface area contributed by atoms with Gasteiger partial charge >= 0.3 is 0 Å². The summed E-state index contributed by atoms with van der Waals surface area (Å²) in [6.45, 7) is 10.8. The van der Waals surface area contributed by atoms with Crippen LogP contribution in [0, 0.1) is 46.3 Å². The van der Waals surface area contributed by atoms with Gasteiger partial charge in [-0.25, -0.2) is 0 Å². The molecule has 17 heteroatoms. The molecule has 17 nitrogen and oxygen atoms in total. The van der Waals surface area contributed by atoms with Gasteiger partial charge in [0.15, 0.2) is 18.9 Å². The van der Waals surface area contributed by atoms with Crippen LogP contribution in [-0.4, -0.2) is 176 Å². The first kappa shape index (κ1) is 46.2. The molecule has 0 bridgehead atoms. The Kier molecular flexibility index (Phi) is 12.9. The summed E-state index contributed by atoms with van der Waals surface area (Å²) in [7, 11) is 0. The Morgan fingerprint density at radius 1 is 0.694 bits per heavy atom. The van der Waals surface area contributed by atoms with Crippen LogP contribution in [-0.2, 0) is 33.2 Å². The number of allylic oxidation sites excluding steroid dienone is 1. The smallest absolute Gasteiger partial charge is 0.187 e. The van der Waals surface area contributed by atoms with Crippen LogP contribution in [0.2, 0.25) is 0 Å². The SMILES string of the molecule is C[C@@H]1CC[C@@]2(NC1)O[C@H]1C[C@H]3[C@@H]4CC=C5C[C@@H](O[C@@H]6O[C@H](CO)[C@H](O)[C@H](O[C@@H]7O[C@H](CO)[C@@H](O)[C@H](O)[C@H]7O)[C@H]6O[C@H]6O[C@H](C)[C@@H](O)[C@H](O)[C@H]6O)CC[C@]5(C)[C@H]4CC[C@]3(C)[C@H]1[C@@H]2C. The van der Waals surface area contributed by atoms with Gasteiger partial charge in [-0.3, -0.25) is 5.32 Å². The molecule has 5 saturated heterocycles. The summed E-state index contributed by atoms with van der Waals surface area (Å²) in [6, 6.07) is 0. The van der Waals surface area contributed by atoms with Gasteiger partial charge in [-0.2, -0.15) is 0 Å². The summed E-state index contributed by atoms with van der Waals surface area (Å²) < 4.78 is 43.9. The second kappa shape index (κ2) is 17.3. The monoisotopic (exact) mass is 883 g/mol. The number of hydrogen-bond donors (Lipinski definition) is 10. The molecule has 9 rings (SSSR count). The van der Waals surface area contributed by atoms with Crippen LogP contribution in [0.1, 0.15) is 92.4 Å². The average molecular weight is 884 g/mol. The number of hydrogen-bond acceptors (Lipinski definition) is 17. The van der Waals surface area contributed by atoms with Gasteiger partial charge in [0, 0.05) is 12.5 Å². The third-order valence-electron chi connectivity index (χ3n) is 17.9. The Morgan fingerprint density at radius 2 is 1.35 bits per heavy atom. The summed E-state index contributed by atoms with van der Waals surface area (Å²) in [6.07, 6.45) is -11.9. The largest absolute Gasteiger partial charge is 0.394 e. The summed E-state index contributed by atoms with van der Waals surface area (Å²) in [5.41, 5.74) is 1.32. The molecule has 3 saturated carbocycles. The fourth-order valence-electron chi connectivity index (χ4n) is 14.2. The van der Waals surface area contributed by atoms with Crippen molar-refractivity contribution in [1.82, 2.24) is 5.32 Å². The van der Waals surface area contributed by atoms with Gasteiger partial charge in [0.05, 0.1) is 31.5 Å². The molecular weight excluding hydrogens is 810 g/mol. The van der Waals surface area contributed by atoms with E-state index in [1.54, 1.807) is 0 Å². The van der Waals surface area contributed by atoms with Crippen molar-refractivity contribution in [2.24, 2.45) is 46.3 Å². The molecule has 5 heterocycles. The van der Waals surface area contributed by atoms with E-state index in [1.807, 2.05) is 0 Å². The summed E-state index contributed by atoms with van der Waals surface area (Å²) in [5.74, 6) is 3.32. The molecule has 0 amide bonds. The number of nitrogens with one attached hydrogen (secondary N) is 1. The minimum atomic E-state index is -1.84. The van der Waals surface area contributed by atoms with E-state index in [0.29, 0.717) is 48.3 Å². The molecule has 0 aromatic heterocycles. The summed E-state index contributed by atoms with van der Waals surface area (Å²) in [4.78, 5) is 0. The van der Waals surface area contributed by atoms with Gasteiger partial charge in [0.1, 0.15) is 72.9 Å². The minimum Gasteiger partial charge on any atom is -0.394 e. The number of piperidine rings is 1. The number of aliphatic hydroxyl groups excluding tert-OH is 9. The van der Waals surface area contributed by atoms with E-state index in [9.17, 15) is 46.0 Å². The van der Waals surface area contributed by atoms with Crippen LogP contribution in [0.15, 0.2) is 11.6 Å². The second-order valence-electron chi connectivity index (χ2n) is 21.2. The predicted octanol–water partition coefficient (Wildman–Crippen LogP) is -0.213. The van der Waals surface area contributed by atoms with Gasteiger partial charge in [-0.1, -0.05) is 39.3 Å². The number of ether oxygens (including phenoxy) is 7. The zero-order valence-corrected chi connectivity index (χ0v) is 36.7. The van der Waals surface area contributed by atoms with Crippen molar-refractivity contribution < 1.29 is 79.1 Å². The maximum absolute atomic E-state index is 11.6. The molecule has 5 aliphatic heterocycles. The molecular formula is C45H73NO16. The molecule has 0 radical (unpaired) electrons. The topological polar surface area (TPSA) is 259 Å². The average Bonchev–Trinajstić information content (AvgIpc) is 3.70. The lowest BCUT2D eigenvalue weighted by atomic mass is 9.47. The van der Waals surface area contributed by atoms with Crippen molar-refractivity contribution in [2.75, 3.05) is 19.8 Å². The van der Waals surface area contributed by atoms with Crippen LogP contribution < -0.4 is 5.32 Å². The van der Waals surface area contributed by atoms with E-state index in [0.717, 1.165) is 38.6 Å². The summed E-state index contributed by atoms with van der Waals surface area (Å²) >= 11 is 0. The lowest BCUT2D eigenvalue weighted by molar-refractivity contribution is -0.394. The van der Waals surface area contributed by atoms with Gasteiger partial charge in [0.2, 0.25) is 0 Å². The number of rotatable bonds is 8. The highest BCUT2D eigenvalue weighted by molar-refractivity contribution is 5.26. The molecule has 354 valence electrons. The molecule has 0 aromatic rings. The van der Waals surface area contributed by atoms with Crippen LogP contribution >= 0.6 is 0 Å². The molecule has 0 unspecified atom stereocenters. The van der Waals surface area contributed by atoms with Crippen LogP contribution in [0.4, 0.5) is 0 Å². The normalized spacial score (nSPS) is 57.6. The molecule has 8 fully saturated rings. The van der Waals surface area contributed by atoms with E-state index in [2.05, 4.69) is 39.1 Å². The second-order valence-corrected chi connectivity index (χ2v) is 21.2. The van der Waals surface area contributed by atoms with E-state index in [4.69, 9.17) is 33.2 Å². The quantitative estimate of drug-likeness (QED) is 0.142. The first-order chi connectivity index (χ1) is 29.4. The highest BCUT2D eigenvalue weighted by atomic mass is 16.8. The number of aliphatic hydroxyl groups is 9. The van der Waals surface area contributed by atoms with E-state index < -0.39 is 111 Å². The van der Waals surface area contributed by atoms with Crippen molar-refractivity contribution in [1.29, 1.82) is 0 Å². The zero-order valence-electron chi connectivity index (χ0n) is 36.7. The van der Waals surface area contributed by atoms with Crippen LogP contribution in [0.25, 0.3) is 0 Å². The Bertz CT molecular complexity index is 1610. The van der Waals surface area contributed by atoms with Crippen LogP contribution in [0.3, 0.4) is 0 Å². The molecule has 4 aliphatic carbocycles. The molecule has 62 heavy (non-hydrogen) atoms. The lowest BCUT2D eigenvalue weighted by Gasteiger charge is -2.59. The molecule has 9 aliphatic rings. The van der Waals surface area contributed by atoms with Crippen molar-refractivity contribution in [3.8, 4) is 0 Å². The first-order valence-electron chi connectivity index (χ1n) is 23.5. The summed E-state index contributed by atoms with van der Waals surface area (Å²) in [5, 5.41) is 99.7. The third-order valence-corrected chi connectivity index (χ3v) is 17.9. The molecule has 10 N–H and O–H groups in total. The zero-order chi connectivity index (χ0) is 44.2. The predicted molar refractivity (Wildman–Crippen MR) is 216 cm³/mol. The molecule has 1 spiro atoms. The Labute approximate surface area is 364 Å². The van der Waals surface area contributed by atoms with E-state index in [1.165, 1.54) is 25.3 Å². The minimum absolute atomic E-state index is 0.0361. The fraction of sp³-hybridized carbons (Fsp3) is 0.956. The van der Waals surface area contributed by atoms with Crippen molar-refractivity contribution in [2.45, 2.75) is 202 Å². The van der Waals surface area contributed by atoms with Crippen molar-refractivity contribution in [3.63, 3.8) is 0 Å².